The van der Waals surface area contributed by atoms with E-state index in [1.807, 2.05) is 0 Å². The van der Waals surface area contributed by atoms with Gasteiger partial charge in [0, 0.05) is 27.7 Å². The quantitative estimate of drug-likeness (QED) is 0.168. The molecule has 11 heteroatoms. The van der Waals surface area contributed by atoms with Crippen LogP contribution in [0.15, 0.2) is 70.2 Å². The molecular weight excluding hydrogens is 510 g/mol. The number of nitrogens with one attached hydrogen (secondary N) is 1. The maximum absolute atomic E-state index is 12.5. The second-order valence-electron chi connectivity index (χ2n) is 6.93. The molecule has 0 bridgehead atoms. The van der Waals surface area contributed by atoms with Crippen LogP contribution in [0.25, 0.3) is 0 Å². The Morgan fingerprint density at radius 3 is 2.44 bits per heavy atom. The number of amides is 1. The van der Waals surface area contributed by atoms with Crippen LogP contribution in [0.3, 0.4) is 0 Å². The van der Waals surface area contributed by atoms with Crippen molar-refractivity contribution in [3.05, 3.63) is 91.9 Å². The summed E-state index contributed by atoms with van der Waals surface area (Å²) in [5.74, 6) is 0.0685. The molecule has 10 nitrogen and oxygen atoms in total. The van der Waals surface area contributed by atoms with Gasteiger partial charge in [0.25, 0.3) is 11.6 Å². The molecule has 3 aromatic carbocycles. The zero-order valence-corrected chi connectivity index (χ0v) is 19.0. The largest absolute Gasteiger partial charge is 0.486 e. The lowest BCUT2D eigenvalue weighted by Crippen LogP contribution is -2.19. The molecule has 34 heavy (non-hydrogen) atoms. The van der Waals surface area contributed by atoms with E-state index in [0.29, 0.717) is 40.3 Å². The van der Waals surface area contributed by atoms with Crippen molar-refractivity contribution in [1.82, 2.24) is 5.43 Å². The minimum atomic E-state index is -0.702. The van der Waals surface area contributed by atoms with Gasteiger partial charge in [0.1, 0.15) is 19.0 Å². The molecule has 0 aromatic heterocycles. The average molecular weight is 526 g/mol. The Kier molecular flexibility index (Phi) is 6.83. The Morgan fingerprint density at radius 2 is 1.71 bits per heavy atom. The lowest BCUT2D eigenvalue weighted by molar-refractivity contribution is -0.384. The predicted molar refractivity (Wildman–Crippen MR) is 125 cm³/mol. The van der Waals surface area contributed by atoms with Crippen molar-refractivity contribution >= 4 is 39.7 Å². The normalized spacial score (nSPS) is 12.3. The first-order valence-electron chi connectivity index (χ1n) is 9.90. The first kappa shape index (κ1) is 22.9. The number of nitro benzene ring substituents is 1. The molecule has 0 spiro atoms. The number of hydrazone groups is 1. The van der Waals surface area contributed by atoms with Crippen molar-refractivity contribution in [2.45, 2.75) is 0 Å². The van der Waals surface area contributed by atoms with Crippen LogP contribution in [-0.4, -0.2) is 36.2 Å². The number of nitro groups is 1. The van der Waals surface area contributed by atoms with Crippen molar-refractivity contribution in [3.63, 3.8) is 0 Å². The number of halogens is 1. The second-order valence-corrected chi connectivity index (χ2v) is 7.85. The van der Waals surface area contributed by atoms with E-state index in [2.05, 4.69) is 26.5 Å². The van der Waals surface area contributed by atoms with E-state index >= 15 is 0 Å². The second kappa shape index (κ2) is 10.1. The fourth-order valence-electron chi connectivity index (χ4n) is 3.00. The van der Waals surface area contributed by atoms with Crippen LogP contribution >= 0.6 is 15.9 Å². The molecule has 0 fully saturated rings. The number of hydrogen-bond donors (Lipinski definition) is 1. The molecular formula is C23H16BrN3O7. The van der Waals surface area contributed by atoms with Gasteiger partial charge < -0.3 is 14.2 Å². The van der Waals surface area contributed by atoms with Gasteiger partial charge >= 0.3 is 5.97 Å². The van der Waals surface area contributed by atoms with E-state index < -0.39 is 16.8 Å². The van der Waals surface area contributed by atoms with Crippen molar-refractivity contribution in [2.24, 2.45) is 5.10 Å². The van der Waals surface area contributed by atoms with Crippen LogP contribution in [0.5, 0.6) is 17.2 Å². The van der Waals surface area contributed by atoms with E-state index in [1.165, 1.54) is 30.5 Å². The van der Waals surface area contributed by atoms with Crippen molar-refractivity contribution in [3.8, 4) is 17.2 Å². The zero-order chi connectivity index (χ0) is 24.1. The number of carbonyl (C=O) groups is 2. The Morgan fingerprint density at radius 1 is 1.00 bits per heavy atom. The Labute approximate surface area is 201 Å². The minimum absolute atomic E-state index is 0.137. The molecule has 172 valence electrons. The summed E-state index contributed by atoms with van der Waals surface area (Å²) in [5, 5.41) is 14.7. The van der Waals surface area contributed by atoms with Gasteiger partial charge in [0.05, 0.1) is 16.7 Å². The summed E-state index contributed by atoms with van der Waals surface area (Å²) >= 11 is 3.34. The third-order valence-corrected chi connectivity index (χ3v) is 5.16. The van der Waals surface area contributed by atoms with Crippen LogP contribution in [-0.2, 0) is 0 Å². The molecule has 3 aromatic rings. The number of rotatable bonds is 6. The number of fused-ring (bicyclic) bond motifs is 1. The van der Waals surface area contributed by atoms with E-state index in [1.54, 1.807) is 36.4 Å². The number of benzene rings is 3. The molecule has 0 saturated carbocycles. The lowest BCUT2D eigenvalue weighted by atomic mass is 10.2. The van der Waals surface area contributed by atoms with Crippen LogP contribution in [0, 0.1) is 10.1 Å². The Balaban J connectivity index is 1.46. The summed E-state index contributed by atoms with van der Waals surface area (Å²) in [6.07, 6.45) is 1.33. The maximum atomic E-state index is 12.5. The highest BCUT2D eigenvalue weighted by Crippen LogP contribution is 2.30. The van der Waals surface area contributed by atoms with Crippen molar-refractivity contribution in [1.29, 1.82) is 0 Å². The molecule has 4 rings (SSSR count). The lowest BCUT2D eigenvalue weighted by Gasteiger charge is -2.18. The smallest absolute Gasteiger partial charge is 0.343 e. The molecule has 1 amide bonds. The number of non-ortho nitro benzene ring substituents is 1. The van der Waals surface area contributed by atoms with Crippen molar-refractivity contribution in [2.75, 3.05) is 13.2 Å². The van der Waals surface area contributed by atoms with Gasteiger partial charge in [0.2, 0.25) is 0 Å². The van der Waals surface area contributed by atoms with Gasteiger partial charge in [-0.05, 0) is 48.5 Å². The summed E-state index contributed by atoms with van der Waals surface area (Å²) < 4.78 is 17.0. The van der Waals surface area contributed by atoms with Crippen LogP contribution in [0.4, 0.5) is 5.69 Å². The topological polar surface area (TPSA) is 129 Å². The molecule has 0 aliphatic carbocycles. The minimum Gasteiger partial charge on any atom is -0.486 e. The fraction of sp³-hybridized carbons (Fsp3) is 0.0870. The first-order valence-corrected chi connectivity index (χ1v) is 10.7. The van der Waals surface area contributed by atoms with Gasteiger partial charge in [-0.2, -0.15) is 5.10 Å². The van der Waals surface area contributed by atoms with Gasteiger partial charge in [0.15, 0.2) is 11.5 Å². The third-order valence-electron chi connectivity index (χ3n) is 4.66. The highest BCUT2D eigenvalue weighted by atomic mass is 79.9. The SMILES string of the molecule is O=C(N/N=C\c1cc(Br)ccc1OC(=O)c1ccc([N+](=O)[O-])cc1)c1ccc2c(c1)OCCO2. The van der Waals surface area contributed by atoms with E-state index in [9.17, 15) is 19.7 Å². The van der Waals surface area contributed by atoms with Gasteiger partial charge in [-0.1, -0.05) is 15.9 Å². The number of ether oxygens (including phenoxy) is 3. The molecule has 1 heterocycles. The molecule has 1 aliphatic heterocycles. The Hall–Kier alpha value is -4.25. The highest BCUT2D eigenvalue weighted by Gasteiger charge is 2.16. The number of esters is 1. The monoisotopic (exact) mass is 525 g/mol. The van der Waals surface area contributed by atoms with Gasteiger partial charge in [-0.15, -0.1) is 0 Å². The average Bonchev–Trinajstić information content (AvgIpc) is 2.85. The van der Waals surface area contributed by atoms with E-state index in [4.69, 9.17) is 14.2 Å². The van der Waals surface area contributed by atoms with Crippen molar-refractivity contribution < 1.29 is 28.7 Å². The fourth-order valence-corrected chi connectivity index (χ4v) is 3.38. The van der Waals surface area contributed by atoms with Gasteiger partial charge in [-0.3, -0.25) is 14.9 Å². The molecule has 0 radical (unpaired) electrons. The number of nitrogens with zero attached hydrogens (tertiary/aromatic N) is 2. The molecule has 0 atom stereocenters. The van der Waals surface area contributed by atoms with E-state index in [0.717, 1.165) is 0 Å². The molecule has 1 N–H and O–H groups in total. The standard InChI is InChI=1S/C23H16BrN3O7/c24-17-4-8-19(34-23(29)14-1-5-18(6-2-14)27(30)31)16(11-17)13-25-26-22(28)15-3-7-20-21(12-15)33-10-9-32-20/h1-8,11-13H,9-10H2,(H,26,28)/b25-13-. The maximum Gasteiger partial charge on any atom is 0.343 e. The summed E-state index contributed by atoms with van der Waals surface area (Å²) in [6, 6.07) is 14.7. The summed E-state index contributed by atoms with van der Waals surface area (Å²) in [7, 11) is 0. The first-order chi connectivity index (χ1) is 16.4. The zero-order valence-electron chi connectivity index (χ0n) is 17.4. The predicted octanol–water partition coefficient (Wildman–Crippen LogP) is 4.11. The number of carbonyl (C=O) groups excluding carboxylic acids is 2. The molecule has 0 unspecified atom stereocenters. The summed E-state index contributed by atoms with van der Waals surface area (Å²) in [4.78, 5) is 35.1. The third kappa shape index (κ3) is 5.38. The number of hydrogen-bond acceptors (Lipinski definition) is 8. The summed E-state index contributed by atoms with van der Waals surface area (Å²) in [5.41, 5.74) is 3.17. The van der Waals surface area contributed by atoms with Crippen LogP contribution in [0.1, 0.15) is 26.3 Å². The molecule has 0 saturated heterocycles. The van der Waals surface area contributed by atoms with Crippen LogP contribution < -0.4 is 19.6 Å². The van der Waals surface area contributed by atoms with Gasteiger partial charge in [-0.25, -0.2) is 10.2 Å². The highest BCUT2D eigenvalue weighted by molar-refractivity contribution is 9.10. The Bertz CT molecular complexity index is 1290. The van der Waals surface area contributed by atoms with Crippen LogP contribution in [0.2, 0.25) is 0 Å². The van der Waals surface area contributed by atoms with E-state index in [-0.39, 0.29) is 17.0 Å². The summed E-state index contributed by atoms with van der Waals surface area (Å²) in [6.45, 7) is 0.854. The molecule has 1 aliphatic rings.